The highest BCUT2D eigenvalue weighted by atomic mass is 16.1. The van der Waals surface area contributed by atoms with Crippen molar-refractivity contribution in [1.82, 2.24) is 9.80 Å². The molecule has 23 heavy (non-hydrogen) atoms. The van der Waals surface area contributed by atoms with Crippen LogP contribution in [0.4, 0.5) is 0 Å². The van der Waals surface area contributed by atoms with Crippen molar-refractivity contribution in [3.8, 4) is 0 Å². The molecule has 0 unspecified atom stereocenters. The molecule has 122 valence electrons. The van der Waals surface area contributed by atoms with E-state index in [0.717, 1.165) is 30.6 Å². The molecule has 3 nitrogen and oxygen atoms in total. The van der Waals surface area contributed by atoms with Gasteiger partial charge in [-0.2, -0.15) is 0 Å². The summed E-state index contributed by atoms with van der Waals surface area (Å²) in [5.41, 5.74) is 0.840. The van der Waals surface area contributed by atoms with E-state index in [4.69, 9.17) is 0 Å². The number of nitrogens with zero attached hydrogens (tertiary/aromatic N) is 2. The largest absolute Gasteiger partial charge is 0.308 e. The van der Waals surface area contributed by atoms with Crippen molar-refractivity contribution >= 4 is 16.6 Å². The molecule has 0 bridgehead atoms. The van der Waals surface area contributed by atoms with E-state index < -0.39 is 0 Å². The fourth-order valence-corrected chi connectivity index (χ4v) is 3.57. The number of fused-ring (bicyclic) bond motifs is 1. The normalized spacial score (nSPS) is 18.8. The smallest absolute Gasteiger partial charge is 0.164 e. The highest BCUT2D eigenvalue weighted by molar-refractivity contribution is 6.00. The van der Waals surface area contributed by atoms with E-state index in [-0.39, 0.29) is 5.78 Å². The highest BCUT2D eigenvalue weighted by Crippen LogP contribution is 2.20. The second-order valence-corrected chi connectivity index (χ2v) is 6.83. The van der Waals surface area contributed by atoms with Gasteiger partial charge in [0.05, 0.1) is 0 Å². The van der Waals surface area contributed by atoms with Gasteiger partial charge in [-0.25, -0.2) is 0 Å². The lowest BCUT2D eigenvalue weighted by Crippen LogP contribution is -2.38. The lowest BCUT2D eigenvalue weighted by atomic mass is 10.0. The number of likely N-dealkylation sites (tertiary alicyclic amines) is 1. The average molecular weight is 310 g/mol. The van der Waals surface area contributed by atoms with Crippen molar-refractivity contribution in [2.24, 2.45) is 0 Å². The summed E-state index contributed by atoms with van der Waals surface area (Å²) in [6, 6.07) is 14.8. The average Bonchev–Trinajstić information content (AvgIpc) is 2.98. The quantitative estimate of drug-likeness (QED) is 0.764. The molecule has 1 aliphatic rings. The van der Waals surface area contributed by atoms with Gasteiger partial charge in [-0.1, -0.05) is 36.4 Å². The number of likely N-dealkylation sites (N-methyl/N-ethyl adjacent to an activating group) is 1. The fraction of sp³-hybridized carbons (Fsp3) is 0.450. The van der Waals surface area contributed by atoms with E-state index in [1.807, 2.05) is 30.3 Å². The summed E-state index contributed by atoms with van der Waals surface area (Å²) < 4.78 is 0. The Labute approximate surface area is 138 Å². The Morgan fingerprint density at radius 3 is 2.74 bits per heavy atom. The molecule has 1 saturated heterocycles. The van der Waals surface area contributed by atoms with Crippen LogP contribution in [-0.2, 0) is 0 Å². The second-order valence-electron chi connectivity index (χ2n) is 6.83. The van der Waals surface area contributed by atoms with Crippen molar-refractivity contribution in [1.29, 1.82) is 0 Å². The van der Waals surface area contributed by atoms with Crippen LogP contribution in [0, 0.1) is 0 Å². The first-order chi connectivity index (χ1) is 11.1. The SMILES string of the molecule is CN(C)C[C@@H]1CCCN1CCC(=O)c1ccc2ccccc2c1. The minimum absolute atomic E-state index is 0.256. The van der Waals surface area contributed by atoms with Gasteiger partial charge in [-0.05, 0) is 50.3 Å². The third-order valence-corrected chi connectivity index (χ3v) is 4.77. The van der Waals surface area contributed by atoms with Gasteiger partial charge in [0, 0.05) is 31.1 Å². The first-order valence-corrected chi connectivity index (χ1v) is 8.54. The summed E-state index contributed by atoms with van der Waals surface area (Å²) in [6.07, 6.45) is 3.12. The van der Waals surface area contributed by atoms with Crippen molar-refractivity contribution in [2.75, 3.05) is 33.7 Å². The summed E-state index contributed by atoms with van der Waals surface area (Å²) in [5, 5.41) is 2.33. The van der Waals surface area contributed by atoms with Crippen LogP contribution in [0.5, 0.6) is 0 Å². The Hall–Kier alpha value is -1.71. The number of benzene rings is 2. The molecule has 0 N–H and O–H groups in total. The molecule has 2 aromatic carbocycles. The van der Waals surface area contributed by atoms with E-state index in [1.165, 1.54) is 18.2 Å². The molecule has 2 aromatic rings. The molecule has 1 fully saturated rings. The van der Waals surface area contributed by atoms with E-state index >= 15 is 0 Å². The summed E-state index contributed by atoms with van der Waals surface area (Å²) in [4.78, 5) is 17.3. The van der Waals surface area contributed by atoms with E-state index in [2.05, 4.69) is 36.0 Å². The van der Waals surface area contributed by atoms with Gasteiger partial charge < -0.3 is 4.90 Å². The molecule has 0 saturated carbocycles. The molecule has 1 heterocycles. The monoisotopic (exact) mass is 310 g/mol. The highest BCUT2D eigenvalue weighted by Gasteiger charge is 2.25. The van der Waals surface area contributed by atoms with Crippen LogP contribution in [0.15, 0.2) is 42.5 Å². The third kappa shape index (κ3) is 3.98. The summed E-state index contributed by atoms with van der Waals surface area (Å²) in [5.74, 6) is 0.256. The first kappa shape index (κ1) is 16.2. The summed E-state index contributed by atoms with van der Waals surface area (Å²) >= 11 is 0. The number of hydrogen-bond donors (Lipinski definition) is 0. The second kappa shape index (κ2) is 7.24. The molecule has 0 aromatic heterocycles. The van der Waals surface area contributed by atoms with Crippen molar-refractivity contribution in [3.63, 3.8) is 0 Å². The first-order valence-electron chi connectivity index (χ1n) is 8.54. The van der Waals surface area contributed by atoms with Crippen LogP contribution in [0.25, 0.3) is 10.8 Å². The Balaban J connectivity index is 1.62. The van der Waals surface area contributed by atoms with E-state index in [9.17, 15) is 4.79 Å². The molecular weight excluding hydrogens is 284 g/mol. The Morgan fingerprint density at radius 2 is 1.96 bits per heavy atom. The molecule has 1 aliphatic heterocycles. The predicted octanol–water partition coefficient (Wildman–Crippen LogP) is 3.44. The predicted molar refractivity (Wildman–Crippen MR) is 96.0 cm³/mol. The van der Waals surface area contributed by atoms with Gasteiger partial charge in [0.2, 0.25) is 0 Å². The van der Waals surface area contributed by atoms with Crippen LogP contribution in [-0.4, -0.2) is 55.4 Å². The van der Waals surface area contributed by atoms with Crippen molar-refractivity contribution in [2.45, 2.75) is 25.3 Å². The minimum atomic E-state index is 0.256. The number of hydrogen-bond acceptors (Lipinski definition) is 3. The zero-order chi connectivity index (χ0) is 16.2. The number of rotatable bonds is 6. The van der Waals surface area contributed by atoms with Gasteiger partial charge in [0.1, 0.15) is 0 Å². The molecule has 3 heteroatoms. The topological polar surface area (TPSA) is 23.6 Å². The molecule has 0 aliphatic carbocycles. The Morgan fingerprint density at radius 1 is 1.17 bits per heavy atom. The van der Waals surface area contributed by atoms with Crippen LogP contribution in [0.3, 0.4) is 0 Å². The maximum absolute atomic E-state index is 12.5. The van der Waals surface area contributed by atoms with Gasteiger partial charge >= 0.3 is 0 Å². The minimum Gasteiger partial charge on any atom is -0.308 e. The fourth-order valence-electron chi connectivity index (χ4n) is 3.57. The zero-order valence-electron chi connectivity index (χ0n) is 14.2. The van der Waals surface area contributed by atoms with Crippen LogP contribution < -0.4 is 0 Å². The van der Waals surface area contributed by atoms with Gasteiger partial charge in [-0.3, -0.25) is 9.69 Å². The van der Waals surface area contributed by atoms with E-state index in [0.29, 0.717) is 12.5 Å². The molecule has 0 spiro atoms. The molecule has 3 rings (SSSR count). The van der Waals surface area contributed by atoms with Crippen molar-refractivity contribution in [3.05, 3.63) is 48.0 Å². The Bertz CT molecular complexity index is 680. The van der Waals surface area contributed by atoms with Gasteiger partial charge in [0.15, 0.2) is 5.78 Å². The molecule has 0 radical (unpaired) electrons. The maximum Gasteiger partial charge on any atom is 0.164 e. The third-order valence-electron chi connectivity index (χ3n) is 4.77. The lowest BCUT2D eigenvalue weighted by molar-refractivity contribution is 0.0957. The maximum atomic E-state index is 12.5. The number of carbonyl (C=O) groups excluding carboxylic acids is 1. The zero-order valence-corrected chi connectivity index (χ0v) is 14.2. The van der Waals surface area contributed by atoms with Crippen LogP contribution in [0.1, 0.15) is 29.6 Å². The molecule has 1 atom stereocenters. The number of ketones is 1. The number of Topliss-reactive ketones (excluding diaryl/α,β-unsaturated/α-hetero) is 1. The summed E-state index contributed by atoms with van der Waals surface area (Å²) in [6.45, 7) is 3.10. The molecule has 0 amide bonds. The van der Waals surface area contributed by atoms with Gasteiger partial charge in [0.25, 0.3) is 0 Å². The standard InChI is InChI=1S/C20H26N2O/c1-21(2)15-19-8-5-12-22(19)13-11-20(23)18-10-9-16-6-3-4-7-17(16)14-18/h3-4,6-7,9-10,14,19H,5,8,11-13,15H2,1-2H3/t19-/m0/s1. The number of carbonyl (C=O) groups is 1. The van der Waals surface area contributed by atoms with Crippen LogP contribution >= 0.6 is 0 Å². The Kier molecular flexibility index (Phi) is 5.09. The van der Waals surface area contributed by atoms with E-state index in [1.54, 1.807) is 0 Å². The molecular formula is C20H26N2O. The summed E-state index contributed by atoms with van der Waals surface area (Å²) in [7, 11) is 4.24. The van der Waals surface area contributed by atoms with Gasteiger partial charge in [-0.15, -0.1) is 0 Å². The van der Waals surface area contributed by atoms with Crippen LogP contribution in [0.2, 0.25) is 0 Å². The lowest BCUT2D eigenvalue weighted by Gasteiger charge is -2.26. The van der Waals surface area contributed by atoms with Crippen molar-refractivity contribution < 1.29 is 4.79 Å².